The molecular weight excluding hydrogens is 236 g/mol. The van der Waals surface area contributed by atoms with Crippen molar-refractivity contribution in [1.82, 2.24) is 4.31 Å². The molecule has 0 bridgehead atoms. The molecule has 0 spiro atoms. The Labute approximate surface area is 106 Å². The fraction of sp³-hybridized carbons (Fsp3) is 1.00. The Kier molecular flexibility index (Phi) is 6.44. The third-order valence-electron chi connectivity index (χ3n) is 3.50. The molecule has 0 radical (unpaired) electrons. The van der Waals surface area contributed by atoms with Crippen LogP contribution in [-0.2, 0) is 10.0 Å². The first kappa shape index (κ1) is 14.9. The zero-order chi connectivity index (χ0) is 12.7. The lowest BCUT2D eigenvalue weighted by Gasteiger charge is -2.20. The van der Waals surface area contributed by atoms with Crippen molar-refractivity contribution >= 4 is 10.0 Å². The summed E-state index contributed by atoms with van der Waals surface area (Å²) in [5.41, 5.74) is 5.37. The molecule has 4 nitrogen and oxygen atoms in total. The molecule has 0 amide bonds. The summed E-state index contributed by atoms with van der Waals surface area (Å²) in [4.78, 5) is 0. The summed E-state index contributed by atoms with van der Waals surface area (Å²) in [7, 11) is -3.05. The lowest BCUT2D eigenvalue weighted by Crippen LogP contribution is -2.34. The summed E-state index contributed by atoms with van der Waals surface area (Å²) in [6, 6.07) is 0. The SMILES string of the molecule is CCCC1CCCN(S(=O)(=O)CCCN)CC1. The number of sulfonamides is 1. The van der Waals surface area contributed by atoms with Crippen molar-refractivity contribution in [1.29, 1.82) is 0 Å². The van der Waals surface area contributed by atoms with Crippen molar-refractivity contribution in [2.24, 2.45) is 11.7 Å². The van der Waals surface area contributed by atoms with Crippen molar-refractivity contribution in [3.8, 4) is 0 Å². The molecule has 1 rings (SSSR count). The number of nitrogens with zero attached hydrogens (tertiary/aromatic N) is 1. The number of nitrogens with two attached hydrogens (primary N) is 1. The number of rotatable bonds is 6. The molecule has 2 N–H and O–H groups in total. The molecule has 17 heavy (non-hydrogen) atoms. The van der Waals surface area contributed by atoms with Crippen LogP contribution in [0.1, 0.15) is 45.4 Å². The molecule has 1 atom stereocenters. The highest BCUT2D eigenvalue weighted by Crippen LogP contribution is 2.23. The lowest BCUT2D eigenvalue weighted by atomic mass is 9.96. The maximum Gasteiger partial charge on any atom is 0.214 e. The highest BCUT2D eigenvalue weighted by atomic mass is 32.2. The van der Waals surface area contributed by atoms with E-state index in [1.165, 1.54) is 19.3 Å². The van der Waals surface area contributed by atoms with Crippen LogP contribution in [0.15, 0.2) is 0 Å². The van der Waals surface area contributed by atoms with Crippen molar-refractivity contribution in [3.05, 3.63) is 0 Å². The smallest absolute Gasteiger partial charge is 0.214 e. The van der Waals surface area contributed by atoms with Gasteiger partial charge in [0, 0.05) is 13.1 Å². The average Bonchev–Trinajstić information content (AvgIpc) is 2.53. The Hall–Kier alpha value is -0.130. The van der Waals surface area contributed by atoms with Gasteiger partial charge < -0.3 is 5.73 Å². The van der Waals surface area contributed by atoms with Gasteiger partial charge in [-0.15, -0.1) is 0 Å². The van der Waals surface area contributed by atoms with Crippen LogP contribution in [0, 0.1) is 5.92 Å². The molecule has 0 aromatic rings. The van der Waals surface area contributed by atoms with E-state index in [0.29, 0.717) is 26.1 Å². The molecule has 1 saturated heterocycles. The summed E-state index contributed by atoms with van der Waals surface area (Å²) in [6.45, 7) is 4.05. The van der Waals surface area contributed by atoms with Gasteiger partial charge in [0.25, 0.3) is 0 Å². The summed E-state index contributed by atoms with van der Waals surface area (Å²) < 4.78 is 25.7. The summed E-state index contributed by atoms with van der Waals surface area (Å²) in [5.74, 6) is 0.928. The summed E-state index contributed by atoms with van der Waals surface area (Å²) >= 11 is 0. The van der Waals surface area contributed by atoms with Gasteiger partial charge in [-0.25, -0.2) is 12.7 Å². The van der Waals surface area contributed by atoms with Gasteiger partial charge in [-0.3, -0.25) is 0 Å². The standard InChI is InChI=1S/C12H26N2O2S/c1-2-5-12-6-3-9-14(10-7-12)17(15,16)11-4-8-13/h12H,2-11,13H2,1H3. The zero-order valence-corrected chi connectivity index (χ0v) is 11.7. The molecule has 1 aliphatic heterocycles. The average molecular weight is 262 g/mol. The van der Waals surface area contributed by atoms with E-state index in [4.69, 9.17) is 5.73 Å². The largest absolute Gasteiger partial charge is 0.330 e. The number of hydrogen-bond acceptors (Lipinski definition) is 3. The van der Waals surface area contributed by atoms with Crippen LogP contribution in [0.4, 0.5) is 0 Å². The van der Waals surface area contributed by atoms with Crippen LogP contribution in [0.3, 0.4) is 0 Å². The van der Waals surface area contributed by atoms with Crippen molar-refractivity contribution in [2.45, 2.75) is 45.4 Å². The Morgan fingerprint density at radius 3 is 2.71 bits per heavy atom. The third-order valence-corrected chi connectivity index (χ3v) is 5.46. The molecule has 1 heterocycles. The fourth-order valence-corrected chi connectivity index (χ4v) is 4.09. The van der Waals surface area contributed by atoms with Crippen molar-refractivity contribution in [2.75, 3.05) is 25.4 Å². The zero-order valence-electron chi connectivity index (χ0n) is 10.9. The van der Waals surface area contributed by atoms with E-state index in [-0.39, 0.29) is 5.75 Å². The van der Waals surface area contributed by atoms with Gasteiger partial charge in [0.2, 0.25) is 10.0 Å². The highest BCUT2D eigenvalue weighted by molar-refractivity contribution is 7.89. The van der Waals surface area contributed by atoms with Crippen molar-refractivity contribution < 1.29 is 8.42 Å². The van der Waals surface area contributed by atoms with Gasteiger partial charge in [-0.05, 0) is 38.1 Å². The Morgan fingerprint density at radius 1 is 1.29 bits per heavy atom. The Bertz CT molecular complexity index is 304. The second-order valence-corrected chi connectivity index (χ2v) is 7.03. The quantitative estimate of drug-likeness (QED) is 0.790. The van der Waals surface area contributed by atoms with E-state index in [0.717, 1.165) is 18.8 Å². The molecule has 0 aromatic carbocycles. The molecule has 0 aromatic heterocycles. The van der Waals surface area contributed by atoms with Crippen LogP contribution in [0.5, 0.6) is 0 Å². The maximum absolute atomic E-state index is 12.0. The van der Waals surface area contributed by atoms with Gasteiger partial charge in [0.15, 0.2) is 0 Å². The van der Waals surface area contributed by atoms with Crippen LogP contribution < -0.4 is 5.73 Å². The summed E-state index contributed by atoms with van der Waals surface area (Å²) in [5, 5.41) is 0. The van der Waals surface area contributed by atoms with Crippen molar-refractivity contribution in [3.63, 3.8) is 0 Å². The van der Waals surface area contributed by atoms with Crippen LogP contribution >= 0.6 is 0 Å². The minimum absolute atomic E-state index is 0.210. The van der Waals surface area contributed by atoms with Crippen LogP contribution in [0.2, 0.25) is 0 Å². The predicted molar refractivity (Wildman–Crippen MR) is 71.3 cm³/mol. The predicted octanol–water partition coefficient (Wildman–Crippen LogP) is 1.57. The van der Waals surface area contributed by atoms with Crippen LogP contribution in [0.25, 0.3) is 0 Å². The molecular formula is C12H26N2O2S. The van der Waals surface area contributed by atoms with E-state index in [1.807, 2.05) is 0 Å². The monoisotopic (exact) mass is 262 g/mol. The lowest BCUT2D eigenvalue weighted by molar-refractivity contribution is 0.399. The number of hydrogen-bond donors (Lipinski definition) is 1. The van der Waals surface area contributed by atoms with E-state index < -0.39 is 10.0 Å². The van der Waals surface area contributed by atoms with E-state index in [9.17, 15) is 8.42 Å². The first-order valence-electron chi connectivity index (χ1n) is 6.78. The third kappa shape index (κ3) is 4.94. The second kappa shape index (κ2) is 7.34. The van der Waals surface area contributed by atoms with Crippen LogP contribution in [-0.4, -0.2) is 38.1 Å². The highest BCUT2D eigenvalue weighted by Gasteiger charge is 2.24. The Morgan fingerprint density at radius 2 is 2.06 bits per heavy atom. The normalized spacial score (nSPS) is 23.5. The van der Waals surface area contributed by atoms with E-state index >= 15 is 0 Å². The fourth-order valence-electron chi connectivity index (χ4n) is 2.51. The van der Waals surface area contributed by atoms with Gasteiger partial charge >= 0.3 is 0 Å². The maximum atomic E-state index is 12.0. The molecule has 1 unspecified atom stereocenters. The molecule has 1 fully saturated rings. The van der Waals surface area contributed by atoms with Gasteiger partial charge in [0.05, 0.1) is 5.75 Å². The molecule has 1 aliphatic rings. The summed E-state index contributed by atoms with van der Waals surface area (Å²) in [6.07, 6.45) is 6.21. The van der Waals surface area contributed by atoms with E-state index in [1.54, 1.807) is 4.31 Å². The molecule has 0 saturated carbocycles. The Balaban J connectivity index is 2.50. The van der Waals surface area contributed by atoms with Gasteiger partial charge in [0.1, 0.15) is 0 Å². The molecule has 102 valence electrons. The minimum Gasteiger partial charge on any atom is -0.330 e. The van der Waals surface area contributed by atoms with Gasteiger partial charge in [-0.2, -0.15) is 0 Å². The molecule has 5 heteroatoms. The van der Waals surface area contributed by atoms with E-state index in [2.05, 4.69) is 6.92 Å². The molecule has 0 aliphatic carbocycles. The topological polar surface area (TPSA) is 63.4 Å². The second-order valence-electron chi connectivity index (χ2n) is 4.94. The first-order valence-corrected chi connectivity index (χ1v) is 8.39. The minimum atomic E-state index is -3.05. The first-order chi connectivity index (χ1) is 8.10. The van der Waals surface area contributed by atoms with Gasteiger partial charge in [-0.1, -0.05) is 19.8 Å².